The van der Waals surface area contributed by atoms with Gasteiger partial charge in [-0.3, -0.25) is 4.79 Å². The van der Waals surface area contributed by atoms with Crippen molar-refractivity contribution in [2.24, 2.45) is 0 Å². The SMILES string of the molecule is Cc1ccc([C@@H]([NH2+]CC(=O)Nc2ccccc2F)c2ccccc2)cc1. The lowest BCUT2D eigenvalue weighted by atomic mass is 9.98. The minimum Gasteiger partial charge on any atom is -0.328 e. The molecule has 0 radical (unpaired) electrons. The van der Waals surface area contributed by atoms with E-state index in [1.165, 1.54) is 11.6 Å². The van der Waals surface area contributed by atoms with E-state index in [0.717, 1.165) is 11.1 Å². The monoisotopic (exact) mass is 349 g/mol. The van der Waals surface area contributed by atoms with Crippen LogP contribution in [0.15, 0.2) is 78.9 Å². The Morgan fingerprint density at radius 3 is 2.23 bits per heavy atom. The molecule has 1 amide bonds. The number of anilines is 1. The molecule has 0 spiro atoms. The molecule has 0 aliphatic carbocycles. The van der Waals surface area contributed by atoms with Crippen LogP contribution in [0.5, 0.6) is 0 Å². The van der Waals surface area contributed by atoms with E-state index in [9.17, 15) is 9.18 Å². The number of rotatable bonds is 6. The van der Waals surface area contributed by atoms with Gasteiger partial charge in [0.2, 0.25) is 0 Å². The summed E-state index contributed by atoms with van der Waals surface area (Å²) in [5, 5.41) is 4.60. The average Bonchev–Trinajstić information content (AvgIpc) is 2.66. The Balaban J connectivity index is 1.73. The van der Waals surface area contributed by atoms with Gasteiger partial charge in [-0.1, -0.05) is 72.3 Å². The van der Waals surface area contributed by atoms with Crippen LogP contribution >= 0.6 is 0 Å². The molecule has 0 unspecified atom stereocenters. The number of nitrogens with two attached hydrogens (primary N) is 1. The number of nitrogens with one attached hydrogen (secondary N) is 1. The maximum absolute atomic E-state index is 13.7. The molecule has 0 aromatic heterocycles. The van der Waals surface area contributed by atoms with Crippen molar-refractivity contribution in [1.82, 2.24) is 0 Å². The Bertz CT molecular complexity index is 863. The molecule has 0 aliphatic heterocycles. The van der Waals surface area contributed by atoms with Gasteiger partial charge in [0.15, 0.2) is 6.54 Å². The standard InChI is InChI=1S/C22H21FN2O/c1-16-11-13-18(14-12-16)22(17-7-3-2-4-8-17)24-15-21(26)25-20-10-6-5-9-19(20)23/h2-14,22,24H,15H2,1H3,(H,25,26)/p+1/t22-/m0/s1. The number of aryl methyl sites for hydroxylation is 1. The van der Waals surface area contributed by atoms with Crippen molar-refractivity contribution in [2.45, 2.75) is 13.0 Å². The summed E-state index contributed by atoms with van der Waals surface area (Å²) in [5.41, 5.74) is 3.64. The van der Waals surface area contributed by atoms with E-state index in [1.807, 2.05) is 30.4 Å². The number of carbonyl (C=O) groups excluding carboxylic acids is 1. The van der Waals surface area contributed by atoms with Crippen LogP contribution in [0, 0.1) is 12.7 Å². The third-order valence-electron chi connectivity index (χ3n) is 4.28. The second-order valence-electron chi connectivity index (χ2n) is 6.27. The quantitative estimate of drug-likeness (QED) is 0.704. The molecular formula is C22H22FN2O+. The number of benzene rings is 3. The van der Waals surface area contributed by atoms with Gasteiger partial charge >= 0.3 is 0 Å². The van der Waals surface area contributed by atoms with Crippen molar-refractivity contribution < 1.29 is 14.5 Å². The van der Waals surface area contributed by atoms with Gasteiger partial charge in [0.25, 0.3) is 5.91 Å². The Kier molecular flexibility index (Phi) is 5.77. The number of para-hydroxylation sites is 1. The van der Waals surface area contributed by atoms with Gasteiger partial charge in [-0.25, -0.2) is 4.39 Å². The summed E-state index contributed by atoms with van der Waals surface area (Å²) in [6.07, 6.45) is 0. The highest BCUT2D eigenvalue weighted by Crippen LogP contribution is 2.18. The van der Waals surface area contributed by atoms with Crippen molar-refractivity contribution in [3.05, 3.63) is 101 Å². The van der Waals surface area contributed by atoms with E-state index in [0.29, 0.717) is 0 Å². The van der Waals surface area contributed by atoms with Gasteiger partial charge in [0.1, 0.15) is 11.9 Å². The number of hydrogen-bond donors (Lipinski definition) is 2. The van der Waals surface area contributed by atoms with Crippen molar-refractivity contribution in [3.63, 3.8) is 0 Å². The minimum atomic E-state index is -0.431. The summed E-state index contributed by atoms with van der Waals surface area (Å²) >= 11 is 0. The second-order valence-corrected chi connectivity index (χ2v) is 6.27. The van der Waals surface area contributed by atoms with Crippen LogP contribution in [0.2, 0.25) is 0 Å². The first kappa shape index (κ1) is 17.8. The van der Waals surface area contributed by atoms with Crippen LogP contribution in [-0.2, 0) is 4.79 Å². The lowest BCUT2D eigenvalue weighted by Gasteiger charge is -2.17. The summed E-state index contributed by atoms with van der Waals surface area (Å²) < 4.78 is 13.7. The fourth-order valence-corrected chi connectivity index (χ4v) is 2.89. The van der Waals surface area contributed by atoms with Gasteiger partial charge in [-0.15, -0.1) is 0 Å². The molecule has 0 heterocycles. The van der Waals surface area contributed by atoms with Crippen LogP contribution in [0.3, 0.4) is 0 Å². The van der Waals surface area contributed by atoms with E-state index in [4.69, 9.17) is 0 Å². The van der Waals surface area contributed by atoms with Crippen LogP contribution in [0.1, 0.15) is 22.7 Å². The molecule has 0 saturated heterocycles. The molecule has 0 bridgehead atoms. The highest BCUT2D eigenvalue weighted by molar-refractivity contribution is 5.91. The number of hydrogen-bond acceptors (Lipinski definition) is 1. The zero-order valence-electron chi connectivity index (χ0n) is 14.7. The Hall–Kier alpha value is -2.98. The maximum atomic E-state index is 13.7. The highest BCUT2D eigenvalue weighted by Gasteiger charge is 2.19. The van der Waals surface area contributed by atoms with Crippen molar-refractivity contribution in [1.29, 1.82) is 0 Å². The lowest BCUT2D eigenvalue weighted by molar-refractivity contribution is -0.676. The van der Waals surface area contributed by atoms with E-state index in [2.05, 4.69) is 41.7 Å². The summed E-state index contributed by atoms with van der Waals surface area (Å²) in [5.74, 6) is -0.665. The Morgan fingerprint density at radius 1 is 0.923 bits per heavy atom. The summed E-state index contributed by atoms with van der Waals surface area (Å²) in [6.45, 7) is 2.24. The van der Waals surface area contributed by atoms with E-state index >= 15 is 0 Å². The van der Waals surface area contributed by atoms with Crippen molar-refractivity contribution in [3.8, 4) is 0 Å². The zero-order valence-corrected chi connectivity index (χ0v) is 14.7. The molecule has 0 fully saturated rings. The molecule has 3 aromatic rings. The molecule has 3 N–H and O–H groups in total. The van der Waals surface area contributed by atoms with Gasteiger partial charge in [0.05, 0.1) is 5.69 Å². The van der Waals surface area contributed by atoms with Crippen LogP contribution in [0.4, 0.5) is 10.1 Å². The van der Waals surface area contributed by atoms with E-state index < -0.39 is 5.82 Å². The molecule has 0 aliphatic rings. The second kappa shape index (κ2) is 8.41. The predicted octanol–water partition coefficient (Wildman–Crippen LogP) is 3.43. The number of amides is 1. The fraction of sp³-hybridized carbons (Fsp3) is 0.136. The number of halogens is 1. The molecule has 3 nitrogen and oxygen atoms in total. The first-order chi connectivity index (χ1) is 12.6. The molecule has 1 atom stereocenters. The van der Waals surface area contributed by atoms with E-state index in [-0.39, 0.29) is 24.2 Å². The zero-order chi connectivity index (χ0) is 18.4. The van der Waals surface area contributed by atoms with Crippen LogP contribution < -0.4 is 10.6 Å². The minimum absolute atomic E-state index is 0.00294. The Morgan fingerprint density at radius 2 is 1.54 bits per heavy atom. The molecule has 26 heavy (non-hydrogen) atoms. The van der Waals surface area contributed by atoms with Gasteiger partial charge in [0, 0.05) is 11.1 Å². The van der Waals surface area contributed by atoms with Gasteiger partial charge in [-0.2, -0.15) is 0 Å². The normalized spacial score (nSPS) is 11.8. The van der Waals surface area contributed by atoms with E-state index in [1.54, 1.807) is 18.2 Å². The fourth-order valence-electron chi connectivity index (χ4n) is 2.89. The maximum Gasteiger partial charge on any atom is 0.279 e. The average molecular weight is 349 g/mol. The molecule has 3 rings (SSSR count). The topological polar surface area (TPSA) is 45.7 Å². The first-order valence-corrected chi connectivity index (χ1v) is 8.62. The van der Waals surface area contributed by atoms with Crippen LogP contribution in [-0.4, -0.2) is 12.5 Å². The molecular weight excluding hydrogens is 327 g/mol. The molecule has 3 aromatic carbocycles. The Labute approximate surface area is 152 Å². The molecule has 4 heteroatoms. The first-order valence-electron chi connectivity index (χ1n) is 8.62. The number of carbonyl (C=O) groups is 1. The predicted molar refractivity (Wildman–Crippen MR) is 101 cm³/mol. The third-order valence-corrected chi connectivity index (χ3v) is 4.28. The summed E-state index contributed by atoms with van der Waals surface area (Å²) in [7, 11) is 0. The lowest BCUT2D eigenvalue weighted by Crippen LogP contribution is -2.87. The van der Waals surface area contributed by atoms with Gasteiger partial charge < -0.3 is 10.6 Å². The highest BCUT2D eigenvalue weighted by atomic mass is 19.1. The van der Waals surface area contributed by atoms with Crippen LogP contribution in [0.25, 0.3) is 0 Å². The molecule has 132 valence electrons. The molecule has 0 saturated carbocycles. The summed E-state index contributed by atoms with van der Waals surface area (Å²) in [4.78, 5) is 12.3. The smallest absolute Gasteiger partial charge is 0.279 e. The largest absolute Gasteiger partial charge is 0.328 e. The number of quaternary nitrogens is 1. The van der Waals surface area contributed by atoms with Gasteiger partial charge in [-0.05, 0) is 19.1 Å². The summed E-state index contributed by atoms with van der Waals surface area (Å²) in [6, 6.07) is 24.5. The van der Waals surface area contributed by atoms with Crippen molar-refractivity contribution in [2.75, 3.05) is 11.9 Å². The van der Waals surface area contributed by atoms with Crippen molar-refractivity contribution >= 4 is 11.6 Å². The third kappa shape index (κ3) is 4.55.